The van der Waals surface area contributed by atoms with E-state index < -0.39 is 8.32 Å². The van der Waals surface area contributed by atoms with Gasteiger partial charge in [0, 0.05) is 22.9 Å². The average molecular weight is 445 g/mol. The van der Waals surface area contributed by atoms with Crippen molar-refractivity contribution in [2.24, 2.45) is 0 Å². The molecule has 1 aliphatic heterocycles. The maximum atomic E-state index is 6.61. The number of hydrogen-bond donors (Lipinski definition) is 0. The first-order chi connectivity index (χ1) is 14.0. The van der Waals surface area contributed by atoms with Crippen LogP contribution in [0.15, 0.2) is 36.4 Å². The van der Waals surface area contributed by atoms with Crippen molar-refractivity contribution in [3.63, 3.8) is 0 Å². The van der Waals surface area contributed by atoms with E-state index in [0.717, 1.165) is 43.1 Å². The van der Waals surface area contributed by atoms with Gasteiger partial charge in [-0.2, -0.15) is 0 Å². The Morgan fingerprint density at radius 3 is 2.37 bits per heavy atom. The summed E-state index contributed by atoms with van der Waals surface area (Å²) in [7, 11) is 2.40. The van der Waals surface area contributed by atoms with Crippen molar-refractivity contribution in [2.45, 2.75) is 58.2 Å². The van der Waals surface area contributed by atoms with Gasteiger partial charge in [0.15, 0.2) is 0 Å². The number of fused-ring (bicyclic) bond motifs is 2. The molecule has 2 aromatic carbocycles. The quantitative estimate of drug-likeness (QED) is 0.450. The fourth-order valence-electron chi connectivity index (χ4n) is 3.72. The molecule has 0 radical (unpaired) electrons. The molecule has 0 aromatic heterocycles. The molecular formula is C25H37ClN2OSi. The average Bonchev–Trinajstić information content (AvgIpc) is 2.77. The maximum absolute atomic E-state index is 6.61. The van der Waals surface area contributed by atoms with Gasteiger partial charge >= 0.3 is 0 Å². The normalized spacial score (nSPS) is 14.4. The molecule has 0 atom stereocenters. The number of nitrogens with zero attached hydrogens (tertiary/aromatic N) is 2. The van der Waals surface area contributed by atoms with Crippen molar-refractivity contribution in [1.82, 2.24) is 4.90 Å². The zero-order chi connectivity index (χ0) is 22.1. The lowest BCUT2D eigenvalue weighted by molar-refractivity contribution is 0.402. The highest BCUT2D eigenvalue weighted by Crippen LogP contribution is 2.41. The third kappa shape index (κ3) is 5.21. The second-order valence-corrected chi connectivity index (χ2v) is 15.4. The van der Waals surface area contributed by atoms with Crippen molar-refractivity contribution in [2.75, 3.05) is 32.1 Å². The molecule has 0 aliphatic carbocycles. The number of hydrogen-bond acceptors (Lipinski definition) is 3. The molecule has 0 saturated carbocycles. The predicted octanol–water partition coefficient (Wildman–Crippen LogP) is 6.91. The Labute approximate surface area is 189 Å². The van der Waals surface area contributed by atoms with Gasteiger partial charge in [-0.3, -0.25) is 0 Å². The fourth-order valence-corrected chi connectivity index (χ4v) is 4.91. The minimum atomic E-state index is -1.86. The smallest absolute Gasteiger partial charge is 0.250 e. The molecule has 30 heavy (non-hydrogen) atoms. The van der Waals surface area contributed by atoms with Crippen LogP contribution in [-0.4, -0.2) is 40.4 Å². The first-order valence-corrected chi connectivity index (χ1v) is 14.3. The van der Waals surface area contributed by atoms with Gasteiger partial charge in [-0.15, -0.1) is 0 Å². The van der Waals surface area contributed by atoms with Gasteiger partial charge < -0.3 is 14.2 Å². The van der Waals surface area contributed by atoms with Gasteiger partial charge in [0.05, 0.1) is 0 Å². The molecule has 1 heterocycles. The summed E-state index contributed by atoms with van der Waals surface area (Å²) in [5.74, 6) is 1.01. The van der Waals surface area contributed by atoms with E-state index in [2.05, 4.69) is 88.1 Å². The second-order valence-electron chi connectivity index (χ2n) is 10.2. The standard InChI is InChI=1S/C25H37ClN2OSi/c1-25(2,3)30(6,7)29-22-13-14-23-20(17-22)10-9-19-11-12-21(26)18-24(19)28(23)16-8-15-27(4)5/h11-14,17-18H,8-10,15-16H2,1-7H3. The first kappa shape index (κ1) is 23.2. The highest BCUT2D eigenvalue weighted by molar-refractivity contribution is 6.74. The van der Waals surface area contributed by atoms with Crippen LogP contribution < -0.4 is 9.33 Å². The Hall–Kier alpha value is -1.49. The molecule has 0 bridgehead atoms. The van der Waals surface area contributed by atoms with E-state index in [9.17, 15) is 0 Å². The highest BCUT2D eigenvalue weighted by Gasteiger charge is 2.39. The Morgan fingerprint density at radius 2 is 1.70 bits per heavy atom. The minimum absolute atomic E-state index is 0.186. The zero-order valence-corrected chi connectivity index (χ0v) is 21.4. The van der Waals surface area contributed by atoms with Gasteiger partial charge in [-0.25, -0.2) is 0 Å². The van der Waals surface area contributed by atoms with E-state index in [1.54, 1.807) is 0 Å². The molecule has 0 amide bonds. The summed E-state index contributed by atoms with van der Waals surface area (Å²) in [6, 6.07) is 13.0. The number of anilines is 2. The lowest BCUT2D eigenvalue weighted by atomic mass is 10.0. The van der Waals surface area contributed by atoms with E-state index in [-0.39, 0.29) is 5.04 Å². The van der Waals surface area contributed by atoms with E-state index in [0.29, 0.717) is 0 Å². The molecule has 2 aromatic rings. The van der Waals surface area contributed by atoms with Crippen molar-refractivity contribution in [3.8, 4) is 5.75 Å². The topological polar surface area (TPSA) is 15.7 Å². The molecule has 0 unspecified atom stereocenters. The van der Waals surface area contributed by atoms with Crippen LogP contribution in [0.5, 0.6) is 5.75 Å². The number of benzene rings is 2. The predicted molar refractivity (Wildman–Crippen MR) is 133 cm³/mol. The molecule has 1 aliphatic rings. The number of halogens is 1. The lowest BCUT2D eigenvalue weighted by Gasteiger charge is -2.36. The Kier molecular flexibility index (Phi) is 6.90. The Balaban J connectivity index is 1.96. The third-order valence-electron chi connectivity index (χ3n) is 6.51. The Bertz CT molecular complexity index is 889. The largest absolute Gasteiger partial charge is 0.543 e. The van der Waals surface area contributed by atoms with E-state index >= 15 is 0 Å². The van der Waals surface area contributed by atoms with E-state index in [1.165, 1.54) is 22.5 Å². The van der Waals surface area contributed by atoms with E-state index in [1.807, 2.05) is 6.07 Å². The van der Waals surface area contributed by atoms with Gasteiger partial charge in [0.25, 0.3) is 0 Å². The van der Waals surface area contributed by atoms with Crippen LogP contribution in [-0.2, 0) is 12.8 Å². The van der Waals surface area contributed by atoms with Crippen LogP contribution in [0.1, 0.15) is 38.3 Å². The molecule has 3 nitrogen and oxygen atoms in total. The molecule has 0 fully saturated rings. The van der Waals surface area contributed by atoms with Crippen LogP contribution >= 0.6 is 11.6 Å². The zero-order valence-electron chi connectivity index (χ0n) is 19.7. The van der Waals surface area contributed by atoms with E-state index in [4.69, 9.17) is 16.0 Å². The van der Waals surface area contributed by atoms with Crippen molar-refractivity contribution in [1.29, 1.82) is 0 Å². The monoisotopic (exact) mass is 444 g/mol. The highest BCUT2D eigenvalue weighted by atomic mass is 35.5. The van der Waals surface area contributed by atoms with Crippen molar-refractivity contribution < 1.29 is 4.43 Å². The molecular weight excluding hydrogens is 408 g/mol. The molecule has 0 saturated heterocycles. The summed E-state index contributed by atoms with van der Waals surface area (Å²) in [5, 5.41) is 0.984. The fraction of sp³-hybridized carbons (Fsp3) is 0.520. The van der Waals surface area contributed by atoms with Gasteiger partial charge in [0.2, 0.25) is 8.32 Å². The van der Waals surface area contributed by atoms with Gasteiger partial charge in [-0.05, 0) is 99.5 Å². The molecule has 3 rings (SSSR count). The second kappa shape index (κ2) is 8.94. The maximum Gasteiger partial charge on any atom is 0.250 e. The molecule has 5 heteroatoms. The summed E-state index contributed by atoms with van der Waals surface area (Å²) < 4.78 is 6.61. The van der Waals surface area contributed by atoms with Crippen molar-refractivity contribution >= 4 is 31.3 Å². The minimum Gasteiger partial charge on any atom is -0.543 e. The number of rotatable bonds is 6. The first-order valence-electron chi connectivity index (χ1n) is 11.0. The van der Waals surface area contributed by atoms with Gasteiger partial charge in [-0.1, -0.05) is 38.4 Å². The summed E-state index contributed by atoms with van der Waals surface area (Å²) in [6.45, 7) is 13.5. The third-order valence-corrected chi connectivity index (χ3v) is 11.1. The van der Waals surface area contributed by atoms with Crippen LogP contribution in [0.2, 0.25) is 23.2 Å². The van der Waals surface area contributed by atoms with Crippen LogP contribution in [0.4, 0.5) is 11.4 Å². The summed E-state index contributed by atoms with van der Waals surface area (Å²) in [5.41, 5.74) is 5.27. The number of aryl methyl sites for hydroxylation is 2. The molecule has 0 spiro atoms. The summed E-state index contributed by atoms with van der Waals surface area (Å²) in [6.07, 6.45) is 3.14. The SMILES string of the molecule is CN(C)CCCN1c2ccc(O[Si](C)(C)C(C)(C)C)cc2CCc2ccc(Cl)cc21. The van der Waals surface area contributed by atoms with Crippen LogP contribution in [0.3, 0.4) is 0 Å². The molecule has 164 valence electrons. The lowest BCUT2D eigenvalue weighted by Crippen LogP contribution is -2.43. The van der Waals surface area contributed by atoms with Crippen molar-refractivity contribution in [3.05, 3.63) is 52.5 Å². The van der Waals surface area contributed by atoms with Crippen LogP contribution in [0.25, 0.3) is 0 Å². The molecule has 0 N–H and O–H groups in total. The summed E-state index contributed by atoms with van der Waals surface area (Å²) in [4.78, 5) is 4.71. The Morgan fingerprint density at radius 1 is 1.00 bits per heavy atom. The van der Waals surface area contributed by atoms with Gasteiger partial charge in [0.1, 0.15) is 5.75 Å². The van der Waals surface area contributed by atoms with Crippen LogP contribution in [0, 0.1) is 0 Å². The summed E-state index contributed by atoms with van der Waals surface area (Å²) >= 11 is 6.40.